The molecule has 2 aliphatic rings. The van der Waals surface area contributed by atoms with Crippen molar-refractivity contribution >= 4 is 11.9 Å². The Balaban J connectivity index is 1.53. The molecule has 1 aromatic rings. The number of carboxylic acid groups (broad SMARTS) is 1. The number of aliphatic carboxylic acids is 1. The number of carbonyl (C=O) groups excluding carboxylic acids is 1. The molecule has 0 aromatic heterocycles. The van der Waals surface area contributed by atoms with Crippen molar-refractivity contribution < 1.29 is 23.5 Å². The summed E-state index contributed by atoms with van der Waals surface area (Å²) in [4.78, 5) is 25.0. The molecule has 2 N–H and O–H groups in total. The van der Waals surface area contributed by atoms with Crippen LogP contribution < -0.4 is 5.32 Å². The van der Waals surface area contributed by atoms with Gasteiger partial charge in [0.25, 0.3) is 5.91 Å². The third-order valence-electron chi connectivity index (χ3n) is 4.68. The Kier molecular flexibility index (Phi) is 4.80. The maximum Gasteiger partial charge on any atom is 0.317 e. The molecular weight excluding hydrogens is 318 g/mol. The standard InChI is InChI=1S/C17H20F2N2O3/c18-13-2-1-3-14(19)16(13)17(24)20-11-6-12(7-11)21(9-15(22)23)8-10-4-5-10/h1-3,10-12H,4-9H2,(H,20,24)(H,22,23). The Hall–Kier alpha value is -2.02. The number of hydrogen-bond acceptors (Lipinski definition) is 3. The van der Waals surface area contributed by atoms with Crippen molar-refractivity contribution in [2.24, 2.45) is 5.92 Å². The van der Waals surface area contributed by atoms with Gasteiger partial charge in [0, 0.05) is 18.6 Å². The smallest absolute Gasteiger partial charge is 0.317 e. The zero-order valence-electron chi connectivity index (χ0n) is 13.2. The molecule has 0 saturated heterocycles. The molecule has 1 aromatic carbocycles. The summed E-state index contributed by atoms with van der Waals surface area (Å²) >= 11 is 0. The predicted octanol–water partition coefficient (Wildman–Crippen LogP) is 2.02. The maximum atomic E-state index is 13.6. The lowest BCUT2D eigenvalue weighted by atomic mass is 9.85. The highest BCUT2D eigenvalue weighted by atomic mass is 19.1. The summed E-state index contributed by atoms with van der Waals surface area (Å²) in [5.41, 5.74) is -0.568. The second-order valence-corrected chi connectivity index (χ2v) is 6.66. The van der Waals surface area contributed by atoms with Crippen LogP contribution in [0.2, 0.25) is 0 Å². The summed E-state index contributed by atoms with van der Waals surface area (Å²) in [6.07, 6.45) is 3.47. The monoisotopic (exact) mass is 338 g/mol. The summed E-state index contributed by atoms with van der Waals surface area (Å²) < 4.78 is 27.2. The van der Waals surface area contributed by atoms with Crippen molar-refractivity contribution in [3.63, 3.8) is 0 Å². The van der Waals surface area contributed by atoms with E-state index in [0.717, 1.165) is 31.5 Å². The minimum atomic E-state index is -0.885. The normalized spacial score (nSPS) is 23.0. The molecule has 5 nitrogen and oxygen atoms in total. The highest BCUT2D eigenvalue weighted by Crippen LogP contribution is 2.33. The molecule has 2 aliphatic carbocycles. The van der Waals surface area contributed by atoms with Gasteiger partial charge in [-0.05, 0) is 43.7 Å². The van der Waals surface area contributed by atoms with E-state index in [1.165, 1.54) is 6.07 Å². The lowest BCUT2D eigenvalue weighted by molar-refractivity contribution is -0.139. The molecule has 24 heavy (non-hydrogen) atoms. The lowest BCUT2D eigenvalue weighted by Gasteiger charge is -2.42. The number of carboxylic acids is 1. The lowest BCUT2D eigenvalue weighted by Crippen LogP contribution is -2.55. The summed E-state index contributed by atoms with van der Waals surface area (Å²) in [6, 6.07) is 3.22. The zero-order valence-corrected chi connectivity index (χ0v) is 13.2. The highest BCUT2D eigenvalue weighted by molar-refractivity contribution is 5.95. The molecule has 0 aliphatic heterocycles. The van der Waals surface area contributed by atoms with Gasteiger partial charge in [-0.25, -0.2) is 8.78 Å². The van der Waals surface area contributed by atoms with Crippen LogP contribution in [-0.4, -0.2) is 47.1 Å². The van der Waals surface area contributed by atoms with Gasteiger partial charge < -0.3 is 10.4 Å². The van der Waals surface area contributed by atoms with Crippen LogP contribution >= 0.6 is 0 Å². The van der Waals surface area contributed by atoms with E-state index in [1.54, 1.807) is 0 Å². The van der Waals surface area contributed by atoms with Crippen molar-refractivity contribution in [1.29, 1.82) is 0 Å². The fourth-order valence-corrected chi connectivity index (χ4v) is 3.12. The molecule has 130 valence electrons. The summed E-state index contributed by atoms with van der Waals surface area (Å²) in [7, 11) is 0. The van der Waals surface area contributed by atoms with Gasteiger partial charge in [0.05, 0.1) is 6.54 Å². The number of nitrogens with zero attached hydrogens (tertiary/aromatic N) is 1. The minimum Gasteiger partial charge on any atom is -0.480 e. The van der Waals surface area contributed by atoms with Crippen molar-refractivity contribution in [3.8, 4) is 0 Å². The van der Waals surface area contributed by atoms with Crippen molar-refractivity contribution in [3.05, 3.63) is 35.4 Å². The van der Waals surface area contributed by atoms with E-state index in [9.17, 15) is 18.4 Å². The molecule has 2 saturated carbocycles. The summed E-state index contributed by atoms with van der Waals surface area (Å²) in [6.45, 7) is 0.753. The quantitative estimate of drug-likeness (QED) is 0.798. The van der Waals surface area contributed by atoms with Gasteiger partial charge in [-0.2, -0.15) is 0 Å². The van der Waals surface area contributed by atoms with E-state index in [-0.39, 0.29) is 18.6 Å². The van der Waals surface area contributed by atoms with Gasteiger partial charge >= 0.3 is 5.97 Å². The molecule has 7 heteroatoms. The van der Waals surface area contributed by atoms with Crippen LogP contribution in [0.3, 0.4) is 0 Å². The van der Waals surface area contributed by atoms with E-state index in [0.29, 0.717) is 18.8 Å². The Morgan fingerprint density at radius 1 is 1.21 bits per heavy atom. The third-order valence-corrected chi connectivity index (χ3v) is 4.68. The predicted molar refractivity (Wildman–Crippen MR) is 82.6 cm³/mol. The van der Waals surface area contributed by atoms with Crippen LogP contribution in [0.4, 0.5) is 8.78 Å². The summed E-state index contributed by atoms with van der Waals surface area (Å²) in [5.74, 6) is -2.82. The Bertz CT molecular complexity index is 622. The first-order valence-electron chi connectivity index (χ1n) is 8.14. The Labute approximate surface area is 138 Å². The third kappa shape index (κ3) is 3.90. The second kappa shape index (κ2) is 6.84. The molecule has 0 unspecified atom stereocenters. The van der Waals surface area contributed by atoms with Gasteiger partial charge in [0.2, 0.25) is 0 Å². The Morgan fingerprint density at radius 3 is 2.38 bits per heavy atom. The SMILES string of the molecule is O=C(O)CN(CC1CC1)C1CC(NC(=O)c2c(F)cccc2F)C1. The average molecular weight is 338 g/mol. The second-order valence-electron chi connectivity index (χ2n) is 6.66. The largest absolute Gasteiger partial charge is 0.480 e. The van der Waals surface area contributed by atoms with Crippen LogP contribution in [0.15, 0.2) is 18.2 Å². The van der Waals surface area contributed by atoms with Crippen LogP contribution in [0.1, 0.15) is 36.0 Å². The van der Waals surface area contributed by atoms with Gasteiger partial charge in [-0.1, -0.05) is 6.07 Å². The molecule has 0 atom stereocenters. The van der Waals surface area contributed by atoms with E-state index >= 15 is 0 Å². The zero-order chi connectivity index (χ0) is 17.3. The molecule has 0 radical (unpaired) electrons. The molecular formula is C17H20F2N2O3. The van der Waals surface area contributed by atoms with Crippen LogP contribution in [0.25, 0.3) is 0 Å². The van der Waals surface area contributed by atoms with Gasteiger partial charge in [-0.3, -0.25) is 14.5 Å². The number of rotatable bonds is 7. The van der Waals surface area contributed by atoms with Crippen LogP contribution in [0.5, 0.6) is 0 Å². The fraction of sp³-hybridized carbons (Fsp3) is 0.529. The van der Waals surface area contributed by atoms with Gasteiger partial charge in [-0.15, -0.1) is 0 Å². The number of benzene rings is 1. The fourth-order valence-electron chi connectivity index (χ4n) is 3.12. The van der Waals surface area contributed by atoms with Gasteiger partial charge in [0.15, 0.2) is 0 Å². The van der Waals surface area contributed by atoms with Crippen LogP contribution in [-0.2, 0) is 4.79 Å². The van der Waals surface area contributed by atoms with Crippen molar-refractivity contribution in [1.82, 2.24) is 10.2 Å². The number of carbonyl (C=O) groups is 2. The van der Waals surface area contributed by atoms with Crippen LogP contribution in [0, 0.1) is 17.6 Å². The minimum absolute atomic E-state index is 0.0101. The van der Waals surface area contributed by atoms with Crippen molar-refractivity contribution in [2.45, 2.75) is 37.8 Å². The van der Waals surface area contributed by atoms with E-state index in [4.69, 9.17) is 5.11 Å². The average Bonchev–Trinajstić information content (AvgIpc) is 3.25. The molecule has 1 amide bonds. The number of nitrogens with one attached hydrogen (secondary N) is 1. The highest BCUT2D eigenvalue weighted by Gasteiger charge is 2.38. The first-order valence-corrected chi connectivity index (χ1v) is 8.14. The van der Waals surface area contributed by atoms with Gasteiger partial charge in [0.1, 0.15) is 17.2 Å². The number of halogens is 2. The number of amides is 1. The molecule has 0 heterocycles. The maximum absolute atomic E-state index is 13.6. The molecule has 0 spiro atoms. The summed E-state index contributed by atoms with van der Waals surface area (Å²) in [5, 5.41) is 11.6. The Morgan fingerprint density at radius 2 is 1.83 bits per heavy atom. The molecule has 2 fully saturated rings. The topological polar surface area (TPSA) is 69.6 Å². The van der Waals surface area contributed by atoms with E-state index < -0.39 is 29.1 Å². The molecule has 0 bridgehead atoms. The first-order chi connectivity index (χ1) is 11.4. The van der Waals surface area contributed by atoms with E-state index in [2.05, 4.69) is 5.32 Å². The van der Waals surface area contributed by atoms with E-state index in [1.807, 2.05) is 4.90 Å². The first kappa shape index (κ1) is 16.8. The molecule has 3 rings (SSSR count). The van der Waals surface area contributed by atoms with Crippen molar-refractivity contribution in [2.75, 3.05) is 13.1 Å². The number of hydrogen-bond donors (Lipinski definition) is 2.